The zero-order valence-corrected chi connectivity index (χ0v) is 7.97. The molecule has 6 heteroatoms. The van der Waals surface area contributed by atoms with E-state index in [2.05, 4.69) is 0 Å². The van der Waals surface area contributed by atoms with Crippen molar-refractivity contribution >= 4 is 68.1 Å². The van der Waals surface area contributed by atoms with E-state index < -0.39 is 8.50 Å². The van der Waals surface area contributed by atoms with E-state index in [1.807, 2.05) is 0 Å². The summed E-state index contributed by atoms with van der Waals surface area (Å²) >= 11 is 21.3. The molecule has 0 fully saturated rings. The molecule has 0 amide bonds. The fourth-order valence-electron chi connectivity index (χ4n) is 0.0337. The predicted molar refractivity (Wildman–Crippen MR) is 43.4 cm³/mol. The first kappa shape index (κ1) is 9.80. The minimum atomic E-state index is -1.30. The van der Waals surface area contributed by atoms with Gasteiger partial charge in [-0.3, -0.25) is 0 Å². The second kappa shape index (κ2) is 3.85. The molecule has 0 unspecified atom stereocenters. The van der Waals surface area contributed by atoms with E-state index in [4.69, 9.17) is 57.1 Å². The van der Waals surface area contributed by atoms with Gasteiger partial charge in [0.2, 0.25) is 3.67 Å². The highest BCUT2D eigenvalue weighted by molar-refractivity contribution is 8.24. The summed E-state index contributed by atoms with van der Waals surface area (Å²) in [5, 5.41) is 0. The van der Waals surface area contributed by atoms with Crippen molar-refractivity contribution < 1.29 is 0 Å². The van der Waals surface area contributed by atoms with Gasteiger partial charge in [0.25, 0.3) is 0 Å². The molecule has 0 bridgehead atoms. The van der Waals surface area contributed by atoms with Crippen LogP contribution >= 0.6 is 68.1 Å². The Labute approximate surface area is 76.2 Å². The summed E-state index contributed by atoms with van der Waals surface area (Å²) in [5.41, 5.74) is 0. The molecule has 0 radical (unpaired) electrons. The molecule has 0 N–H and O–H groups in total. The molecule has 0 aromatic rings. The van der Waals surface area contributed by atoms with Gasteiger partial charge in [0, 0.05) is 0 Å². The Bertz CT molecular complexity index is 70.8. The van der Waals surface area contributed by atoms with Crippen LogP contribution in [-0.2, 0) is 0 Å². The third kappa shape index (κ3) is 3.09. The zero-order chi connectivity index (χ0) is 6.78. The first-order valence-corrected chi connectivity index (χ1v) is 4.73. The average Bonchev–Trinajstić information content (AvgIpc) is 1.67. The first-order chi connectivity index (χ1) is 3.50. The van der Waals surface area contributed by atoms with Gasteiger partial charge in [0.15, 0.2) is 4.84 Å². The highest BCUT2D eigenvalue weighted by Crippen LogP contribution is 2.44. The Morgan fingerprint density at radius 2 is 1.62 bits per heavy atom. The van der Waals surface area contributed by atoms with Crippen molar-refractivity contribution in [3.05, 3.63) is 0 Å². The van der Waals surface area contributed by atoms with Gasteiger partial charge in [0.05, 0.1) is 0 Å². The molecular formula is C2HCl5S. The van der Waals surface area contributed by atoms with Gasteiger partial charge in [-0.05, 0) is 21.7 Å². The molecule has 0 rings (SSSR count). The van der Waals surface area contributed by atoms with Crippen molar-refractivity contribution in [1.82, 2.24) is 0 Å². The number of hydrogen-bond donors (Lipinski definition) is 0. The summed E-state index contributed by atoms with van der Waals surface area (Å²) in [7, 11) is 5.85. The average molecular weight is 234 g/mol. The minimum Gasteiger partial charge on any atom is -0.101 e. The SMILES string of the molecule is ClSC(Cl)(Cl)C(Cl)Cl. The lowest BCUT2D eigenvalue weighted by atomic mass is 10.9. The monoisotopic (exact) mass is 232 g/mol. The lowest BCUT2D eigenvalue weighted by Gasteiger charge is -2.14. The largest absolute Gasteiger partial charge is 0.207 e. The van der Waals surface area contributed by atoms with Crippen LogP contribution in [-0.4, -0.2) is 8.50 Å². The quantitative estimate of drug-likeness (QED) is 0.655. The Morgan fingerprint density at radius 3 is 1.62 bits per heavy atom. The number of hydrogen-bond acceptors (Lipinski definition) is 1. The van der Waals surface area contributed by atoms with Crippen molar-refractivity contribution in [2.45, 2.75) is 8.50 Å². The Morgan fingerprint density at radius 1 is 1.25 bits per heavy atom. The van der Waals surface area contributed by atoms with Crippen molar-refractivity contribution in [1.29, 1.82) is 0 Å². The topological polar surface area (TPSA) is 0 Å². The van der Waals surface area contributed by atoms with Gasteiger partial charge < -0.3 is 0 Å². The van der Waals surface area contributed by atoms with Crippen LogP contribution in [0.5, 0.6) is 0 Å². The number of alkyl halides is 4. The summed E-state index contributed by atoms with van der Waals surface area (Å²) in [5.74, 6) is 0. The fourth-order valence-corrected chi connectivity index (χ4v) is 0.909. The second-order valence-corrected chi connectivity index (χ2v) is 5.13. The standard InChI is InChI=1S/C2HCl5S/c3-1(4)2(5,6)8-7/h1H. The van der Waals surface area contributed by atoms with E-state index in [9.17, 15) is 0 Å². The van der Waals surface area contributed by atoms with Crippen molar-refractivity contribution in [2.75, 3.05) is 0 Å². The zero-order valence-electron chi connectivity index (χ0n) is 3.38. The van der Waals surface area contributed by atoms with Gasteiger partial charge in [-0.15, -0.1) is 23.2 Å². The summed E-state index contributed by atoms with van der Waals surface area (Å²) < 4.78 is -1.30. The van der Waals surface area contributed by atoms with Crippen molar-refractivity contribution in [3.63, 3.8) is 0 Å². The fraction of sp³-hybridized carbons (Fsp3) is 1.00. The van der Waals surface area contributed by atoms with Gasteiger partial charge in [0.1, 0.15) is 0 Å². The molecule has 0 heterocycles. The van der Waals surface area contributed by atoms with Gasteiger partial charge in [-0.2, -0.15) is 0 Å². The molecule has 0 aromatic carbocycles. The second-order valence-electron chi connectivity index (χ2n) is 0.940. The molecule has 0 atom stereocenters. The van der Waals surface area contributed by atoms with Crippen LogP contribution in [0.15, 0.2) is 0 Å². The van der Waals surface area contributed by atoms with Crippen LogP contribution in [0.3, 0.4) is 0 Å². The Kier molecular flexibility index (Phi) is 4.71. The predicted octanol–water partition coefficient (Wildman–Crippen LogP) is 3.81. The van der Waals surface area contributed by atoms with Gasteiger partial charge in [-0.1, -0.05) is 23.2 Å². The molecule has 50 valence electrons. The highest BCUT2D eigenvalue weighted by Gasteiger charge is 2.32. The lowest BCUT2D eigenvalue weighted by Crippen LogP contribution is -2.14. The Balaban J connectivity index is 3.71. The lowest BCUT2D eigenvalue weighted by molar-refractivity contribution is 1.22. The molecule has 0 saturated carbocycles. The van der Waals surface area contributed by atoms with Crippen LogP contribution in [0.4, 0.5) is 0 Å². The molecule has 0 nitrogen and oxygen atoms in total. The summed E-state index contributed by atoms with van der Waals surface area (Å²) in [6, 6.07) is 0. The molecular weight excluding hydrogens is 233 g/mol. The number of rotatable bonds is 2. The van der Waals surface area contributed by atoms with Gasteiger partial charge >= 0.3 is 0 Å². The smallest absolute Gasteiger partial charge is 0.101 e. The van der Waals surface area contributed by atoms with Crippen LogP contribution in [0, 0.1) is 0 Å². The maximum Gasteiger partial charge on any atom is 0.207 e. The summed E-state index contributed by atoms with van der Waals surface area (Å²) in [6.07, 6.45) is 0. The third-order valence-electron chi connectivity index (χ3n) is 0.357. The summed E-state index contributed by atoms with van der Waals surface area (Å²) in [6.45, 7) is 0. The van der Waals surface area contributed by atoms with E-state index in [0.29, 0.717) is 11.0 Å². The first-order valence-electron chi connectivity index (χ1n) is 1.46. The van der Waals surface area contributed by atoms with E-state index in [-0.39, 0.29) is 0 Å². The van der Waals surface area contributed by atoms with E-state index in [1.165, 1.54) is 0 Å². The van der Waals surface area contributed by atoms with Crippen molar-refractivity contribution in [2.24, 2.45) is 0 Å². The van der Waals surface area contributed by atoms with Crippen LogP contribution in [0.25, 0.3) is 0 Å². The van der Waals surface area contributed by atoms with Crippen LogP contribution in [0.2, 0.25) is 0 Å². The maximum atomic E-state index is 5.39. The van der Waals surface area contributed by atoms with Crippen LogP contribution in [0.1, 0.15) is 0 Å². The van der Waals surface area contributed by atoms with E-state index >= 15 is 0 Å². The molecule has 0 aliphatic rings. The van der Waals surface area contributed by atoms with E-state index in [1.54, 1.807) is 0 Å². The molecule has 0 spiro atoms. The maximum absolute atomic E-state index is 5.39. The minimum absolute atomic E-state index is 0.674. The van der Waals surface area contributed by atoms with Crippen LogP contribution < -0.4 is 0 Å². The summed E-state index contributed by atoms with van der Waals surface area (Å²) in [4.78, 5) is -0.881. The molecule has 0 aliphatic heterocycles. The highest BCUT2D eigenvalue weighted by atomic mass is 35.7. The number of halogens is 5. The van der Waals surface area contributed by atoms with Gasteiger partial charge in [-0.25, -0.2) is 0 Å². The van der Waals surface area contributed by atoms with E-state index in [0.717, 1.165) is 0 Å². The van der Waals surface area contributed by atoms with Crippen molar-refractivity contribution in [3.8, 4) is 0 Å². The third-order valence-corrected chi connectivity index (χ3v) is 4.26. The molecule has 8 heavy (non-hydrogen) atoms. The Hall–Kier alpha value is 1.80. The normalized spacial score (nSPS) is 12.8. The molecule has 0 aromatic heterocycles. The molecule has 0 aliphatic carbocycles. The molecule has 0 saturated heterocycles.